The molecule has 8 heteroatoms. The van der Waals surface area contributed by atoms with Gasteiger partial charge in [-0.15, -0.1) is 0 Å². The number of rotatable bonds is 8. The standard InChI is InChI=1S/C28H28N4O3S/c33-27(30-22-12-13-22)21-10-8-20(9-11-21)25-17-29-26-28(36(34)16-14-23-7-4-15-35-23)31-24(18-32(25)26)19-5-2-1-3-6-19/h1-3,5-6,8-11,17-18,22-23H,4,7,12-16H2,(H,30,33). The quantitative estimate of drug-likeness (QED) is 0.381. The van der Waals surface area contributed by atoms with Crippen LogP contribution in [0.1, 0.15) is 42.5 Å². The number of benzene rings is 2. The predicted octanol–water partition coefficient (Wildman–Crippen LogP) is 4.63. The predicted molar refractivity (Wildman–Crippen MR) is 139 cm³/mol. The van der Waals surface area contributed by atoms with E-state index < -0.39 is 10.8 Å². The van der Waals surface area contributed by atoms with E-state index >= 15 is 0 Å². The summed E-state index contributed by atoms with van der Waals surface area (Å²) in [5, 5.41) is 3.51. The minimum atomic E-state index is -1.32. The van der Waals surface area contributed by atoms with Gasteiger partial charge in [-0.3, -0.25) is 13.4 Å². The van der Waals surface area contributed by atoms with Gasteiger partial charge in [0.15, 0.2) is 10.7 Å². The molecule has 1 saturated carbocycles. The second kappa shape index (κ2) is 9.95. The second-order valence-corrected chi connectivity index (χ2v) is 10.9. The van der Waals surface area contributed by atoms with Crippen molar-refractivity contribution in [2.24, 2.45) is 0 Å². The maximum atomic E-state index is 13.5. The molecule has 3 heterocycles. The first-order chi connectivity index (χ1) is 17.7. The molecule has 2 atom stereocenters. The van der Waals surface area contributed by atoms with Crippen molar-refractivity contribution in [3.8, 4) is 22.5 Å². The summed E-state index contributed by atoms with van der Waals surface area (Å²) in [6.07, 6.45) is 8.84. The first-order valence-electron chi connectivity index (χ1n) is 12.5. The van der Waals surface area contributed by atoms with Gasteiger partial charge in [0.2, 0.25) is 0 Å². The molecule has 2 fully saturated rings. The molecule has 1 aliphatic carbocycles. The Morgan fingerprint density at radius 2 is 1.86 bits per heavy atom. The number of ether oxygens (including phenoxy) is 1. The molecule has 2 unspecified atom stereocenters. The zero-order valence-electron chi connectivity index (χ0n) is 19.9. The molecule has 1 saturated heterocycles. The highest BCUT2D eigenvalue weighted by Gasteiger charge is 2.24. The summed E-state index contributed by atoms with van der Waals surface area (Å²) in [7, 11) is -1.32. The van der Waals surface area contributed by atoms with Crippen molar-refractivity contribution in [1.29, 1.82) is 0 Å². The maximum absolute atomic E-state index is 13.5. The molecule has 4 aromatic rings. The summed E-state index contributed by atoms with van der Waals surface area (Å²) < 4.78 is 21.1. The monoisotopic (exact) mass is 500 g/mol. The third kappa shape index (κ3) is 4.83. The Hall–Kier alpha value is -3.36. The average Bonchev–Trinajstić information content (AvgIpc) is 3.39. The van der Waals surface area contributed by atoms with Gasteiger partial charge in [0.25, 0.3) is 5.91 Å². The van der Waals surface area contributed by atoms with Gasteiger partial charge in [0, 0.05) is 41.3 Å². The number of carbonyl (C=O) groups excluding carboxylic acids is 1. The van der Waals surface area contributed by atoms with Gasteiger partial charge < -0.3 is 10.1 Å². The Kier molecular flexibility index (Phi) is 6.37. The van der Waals surface area contributed by atoms with Gasteiger partial charge in [0.1, 0.15) is 0 Å². The van der Waals surface area contributed by atoms with Crippen LogP contribution < -0.4 is 5.32 Å². The number of fused-ring (bicyclic) bond motifs is 1. The van der Waals surface area contributed by atoms with Gasteiger partial charge in [-0.1, -0.05) is 42.5 Å². The highest BCUT2D eigenvalue weighted by Crippen LogP contribution is 2.28. The Morgan fingerprint density at radius 1 is 1.06 bits per heavy atom. The smallest absolute Gasteiger partial charge is 0.251 e. The molecular formula is C28H28N4O3S. The van der Waals surface area contributed by atoms with Crippen LogP contribution in [0, 0.1) is 0 Å². The lowest BCUT2D eigenvalue weighted by atomic mass is 10.1. The normalized spacial score (nSPS) is 18.4. The summed E-state index contributed by atoms with van der Waals surface area (Å²) >= 11 is 0. The molecule has 184 valence electrons. The van der Waals surface area contributed by atoms with Crippen molar-refractivity contribution in [3.05, 3.63) is 72.6 Å². The van der Waals surface area contributed by atoms with Gasteiger partial charge in [-0.05, 0) is 44.2 Å². The number of amides is 1. The van der Waals surface area contributed by atoms with E-state index in [9.17, 15) is 9.00 Å². The third-order valence-corrected chi connectivity index (χ3v) is 8.06. The molecule has 2 aromatic carbocycles. The van der Waals surface area contributed by atoms with Crippen molar-refractivity contribution in [2.45, 2.75) is 49.3 Å². The lowest BCUT2D eigenvalue weighted by Crippen LogP contribution is -2.25. The minimum Gasteiger partial charge on any atom is -0.378 e. The second-order valence-electron chi connectivity index (χ2n) is 9.43. The number of imidazole rings is 1. The molecule has 1 N–H and O–H groups in total. The number of hydrogen-bond acceptors (Lipinski definition) is 5. The van der Waals surface area contributed by atoms with E-state index in [0.717, 1.165) is 61.2 Å². The Labute approximate surface area is 212 Å². The summed E-state index contributed by atoms with van der Waals surface area (Å²) in [6, 6.07) is 17.8. The van der Waals surface area contributed by atoms with Crippen molar-refractivity contribution >= 4 is 22.4 Å². The number of nitrogens with zero attached hydrogens (tertiary/aromatic N) is 3. The lowest BCUT2D eigenvalue weighted by molar-refractivity contribution is 0.0951. The van der Waals surface area contributed by atoms with Crippen LogP contribution >= 0.6 is 0 Å². The summed E-state index contributed by atoms with van der Waals surface area (Å²) in [5.74, 6) is 0.445. The zero-order valence-corrected chi connectivity index (χ0v) is 20.7. The highest BCUT2D eigenvalue weighted by molar-refractivity contribution is 7.85. The van der Waals surface area contributed by atoms with Crippen LogP contribution in [0.15, 0.2) is 72.0 Å². The molecule has 6 rings (SSSR count). The van der Waals surface area contributed by atoms with Crippen molar-refractivity contribution < 1.29 is 13.7 Å². The molecule has 1 aliphatic heterocycles. The molecule has 2 aliphatic rings. The number of nitrogens with one attached hydrogen (secondary N) is 1. The average molecular weight is 501 g/mol. The summed E-state index contributed by atoms with van der Waals surface area (Å²) in [6.45, 7) is 0.786. The summed E-state index contributed by atoms with van der Waals surface area (Å²) in [5.41, 5.74) is 4.70. The summed E-state index contributed by atoms with van der Waals surface area (Å²) in [4.78, 5) is 21.9. The first-order valence-corrected chi connectivity index (χ1v) is 13.8. The number of carbonyl (C=O) groups is 1. The molecule has 2 aromatic heterocycles. The molecule has 1 amide bonds. The lowest BCUT2D eigenvalue weighted by Gasteiger charge is -2.11. The fourth-order valence-corrected chi connectivity index (χ4v) is 5.80. The Morgan fingerprint density at radius 3 is 2.58 bits per heavy atom. The molecule has 0 spiro atoms. The van der Waals surface area contributed by atoms with Gasteiger partial charge >= 0.3 is 0 Å². The zero-order chi connectivity index (χ0) is 24.5. The van der Waals surface area contributed by atoms with E-state index in [1.54, 1.807) is 6.20 Å². The van der Waals surface area contributed by atoms with Crippen LogP contribution in [-0.4, -0.2) is 49.0 Å². The number of aromatic nitrogens is 3. The van der Waals surface area contributed by atoms with E-state index in [-0.39, 0.29) is 12.0 Å². The van der Waals surface area contributed by atoms with Crippen LogP contribution in [0.3, 0.4) is 0 Å². The van der Waals surface area contributed by atoms with Crippen LogP contribution in [0.25, 0.3) is 28.2 Å². The van der Waals surface area contributed by atoms with E-state index in [1.165, 1.54) is 0 Å². The van der Waals surface area contributed by atoms with Crippen molar-refractivity contribution in [3.63, 3.8) is 0 Å². The van der Waals surface area contributed by atoms with Crippen LogP contribution in [0.5, 0.6) is 0 Å². The largest absolute Gasteiger partial charge is 0.378 e. The van der Waals surface area contributed by atoms with Crippen molar-refractivity contribution in [2.75, 3.05) is 12.4 Å². The SMILES string of the molecule is O=C(NC1CC1)c1ccc(-c2cnc3c(S(=O)CCC4CCCO4)nc(-c4ccccc4)cn23)cc1. The van der Waals surface area contributed by atoms with Gasteiger partial charge in [-0.2, -0.15) is 0 Å². The molecule has 36 heavy (non-hydrogen) atoms. The van der Waals surface area contributed by atoms with E-state index in [2.05, 4.69) is 10.3 Å². The maximum Gasteiger partial charge on any atom is 0.251 e. The Bertz CT molecular complexity index is 1410. The Balaban J connectivity index is 1.36. The first kappa shape index (κ1) is 23.1. The van der Waals surface area contributed by atoms with Crippen LogP contribution in [0.2, 0.25) is 0 Å². The van der Waals surface area contributed by atoms with Crippen LogP contribution in [-0.2, 0) is 15.5 Å². The third-order valence-electron chi connectivity index (χ3n) is 6.75. The van der Waals surface area contributed by atoms with Crippen molar-refractivity contribution in [1.82, 2.24) is 19.7 Å². The minimum absolute atomic E-state index is 0.0401. The van der Waals surface area contributed by atoms with E-state index in [1.807, 2.05) is 65.2 Å². The van der Waals surface area contributed by atoms with Gasteiger partial charge in [-0.25, -0.2) is 9.97 Å². The molecule has 0 bridgehead atoms. The fourth-order valence-electron chi connectivity index (χ4n) is 4.57. The highest BCUT2D eigenvalue weighted by atomic mass is 32.2. The molecular weight excluding hydrogens is 472 g/mol. The molecule has 0 radical (unpaired) electrons. The topological polar surface area (TPSA) is 85.6 Å². The van der Waals surface area contributed by atoms with Gasteiger partial charge in [0.05, 0.1) is 34.5 Å². The number of hydrogen-bond donors (Lipinski definition) is 1. The van der Waals surface area contributed by atoms with Crippen LogP contribution in [0.4, 0.5) is 0 Å². The molecule has 7 nitrogen and oxygen atoms in total. The van der Waals surface area contributed by atoms with E-state index in [0.29, 0.717) is 28.0 Å². The fraction of sp³-hybridized carbons (Fsp3) is 0.321. The van der Waals surface area contributed by atoms with E-state index in [4.69, 9.17) is 9.72 Å².